The zero-order valence-electron chi connectivity index (χ0n) is 12.8. The zero-order valence-corrected chi connectivity index (χ0v) is 12.8. The van der Waals surface area contributed by atoms with Gasteiger partial charge in [0.25, 0.3) is 5.91 Å². The highest BCUT2D eigenvalue weighted by atomic mass is 16.5. The maximum absolute atomic E-state index is 12.2. The van der Waals surface area contributed by atoms with E-state index in [9.17, 15) is 4.79 Å². The van der Waals surface area contributed by atoms with Crippen LogP contribution in [0.2, 0.25) is 0 Å². The number of carbonyl (C=O) groups excluding carboxylic acids is 1. The molecule has 1 amide bonds. The van der Waals surface area contributed by atoms with E-state index in [2.05, 4.69) is 10.6 Å². The fourth-order valence-corrected chi connectivity index (χ4v) is 2.69. The van der Waals surface area contributed by atoms with Gasteiger partial charge in [0.1, 0.15) is 5.75 Å². The molecule has 1 aromatic carbocycles. The zero-order chi connectivity index (χ0) is 15.1. The first-order valence-electron chi connectivity index (χ1n) is 7.44. The van der Waals surface area contributed by atoms with E-state index in [-0.39, 0.29) is 11.4 Å². The number of hydrogen-bond donors (Lipinski definition) is 2. The fraction of sp³-hybridized carbons (Fsp3) is 0.562. The van der Waals surface area contributed by atoms with Gasteiger partial charge in [-0.3, -0.25) is 4.79 Å². The van der Waals surface area contributed by atoms with Gasteiger partial charge in [0.2, 0.25) is 0 Å². The van der Waals surface area contributed by atoms with Crippen LogP contribution in [-0.4, -0.2) is 44.9 Å². The lowest BCUT2D eigenvalue weighted by atomic mass is 9.98. The van der Waals surface area contributed by atoms with Gasteiger partial charge in [0.15, 0.2) is 0 Å². The largest absolute Gasteiger partial charge is 0.494 e. The second-order valence-electron chi connectivity index (χ2n) is 5.38. The lowest BCUT2D eigenvalue weighted by Gasteiger charge is -2.28. The summed E-state index contributed by atoms with van der Waals surface area (Å²) < 4.78 is 10.7. The van der Waals surface area contributed by atoms with E-state index < -0.39 is 0 Å². The summed E-state index contributed by atoms with van der Waals surface area (Å²) in [6, 6.07) is 7.20. The average Bonchev–Trinajstić information content (AvgIpc) is 2.95. The molecule has 0 radical (unpaired) electrons. The van der Waals surface area contributed by atoms with Gasteiger partial charge in [-0.1, -0.05) is 0 Å². The molecule has 1 aromatic rings. The Balaban J connectivity index is 1.91. The summed E-state index contributed by atoms with van der Waals surface area (Å²) in [4.78, 5) is 12.2. The van der Waals surface area contributed by atoms with Crippen LogP contribution in [0, 0.1) is 0 Å². The van der Waals surface area contributed by atoms with Gasteiger partial charge in [0.05, 0.1) is 18.8 Å². The van der Waals surface area contributed by atoms with Crippen LogP contribution in [0.3, 0.4) is 0 Å². The molecule has 2 rings (SSSR count). The molecule has 0 aromatic heterocycles. The van der Waals surface area contributed by atoms with Crippen molar-refractivity contribution in [1.82, 2.24) is 10.6 Å². The number of benzene rings is 1. The number of carbonyl (C=O) groups is 1. The Kier molecular flexibility index (Phi) is 5.59. The van der Waals surface area contributed by atoms with Gasteiger partial charge in [-0.25, -0.2) is 0 Å². The van der Waals surface area contributed by atoms with Crippen molar-refractivity contribution in [2.24, 2.45) is 0 Å². The standard InChI is InChI=1S/C16H24N2O3/c1-3-21-14-7-5-13(6-8-14)15(19)17-11-16(12-20-2)9-4-10-18-16/h5-8,18H,3-4,9-12H2,1-2H3,(H,17,19). The van der Waals surface area contributed by atoms with Gasteiger partial charge < -0.3 is 20.1 Å². The summed E-state index contributed by atoms with van der Waals surface area (Å²) in [6.07, 6.45) is 2.13. The van der Waals surface area contributed by atoms with E-state index in [0.29, 0.717) is 25.3 Å². The number of nitrogens with one attached hydrogen (secondary N) is 2. The van der Waals surface area contributed by atoms with Gasteiger partial charge in [-0.15, -0.1) is 0 Å². The van der Waals surface area contributed by atoms with Crippen molar-refractivity contribution in [2.45, 2.75) is 25.3 Å². The number of rotatable bonds is 7. The van der Waals surface area contributed by atoms with Gasteiger partial charge >= 0.3 is 0 Å². The van der Waals surface area contributed by atoms with E-state index >= 15 is 0 Å². The molecule has 21 heavy (non-hydrogen) atoms. The minimum atomic E-state index is -0.129. The Labute approximate surface area is 126 Å². The fourth-order valence-electron chi connectivity index (χ4n) is 2.69. The third kappa shape index (κ3) is 4.19. The summed E-state index contributed by atoms with van der Waals surface area (Å²) >= 11 is 0. The number of hydrogen-bond acceptors (Lipinski definition) is 4. The Morgan fingerprint density at radius 2 is 2.14 bits per heavy atom. The quantitative estimate of drug-likeness (QED) is 0.801. The number of amides is 1. The SMILES string of the molecule is CCOc1ccc(C(=O)NCC2(COC)CCCN2)cc1. The molecule has 1 aliphatic heterocycles. The summed E-state index contributed by atoms with van der Waals surface area (Å²) in [7, 11) is 1.69. The topological polar surface area (TPSA) is 59.6 Å². The van der Waals surface area contributed by atoms with Crippen molar-refractivity contribution >= 4 is 5.91 Å². The predicted molar refractivity (Wildman–Crippen MR) is 81.8 cm³/mol. The molecule has 1 fully saturated rings. The normalized spacial score (nSPS) is 21.2. The van der Waals surface area contributed by atoms with Gasteiger partial charge in [-0.05, 0) is 50.6 Å². The predicted octanol–water partition coefficient (Wildman–Crippen LogP) is 1.58. The van der Waals surface area contributed by atoms with Gasteiger partial charge in [-0.2, -0.15) is 0 Å². The van der Waals surface area contributed by atoms with Crippen LogP contribution in [-0.2, 0) is 4.74 Å². The van der Waals surface area contributed by atoms with Crippen molar-refractivity contribution in [3.05, 3.63) is 29.8 Å². The van der Waals surface area contributed by atoms with Crippen molar-refractivity contribution < 1.29 is 14.3 Å². The first-order chi connectivity index (χ1) is 10.2. The van der Waals surface area contributed by atoms with Gasteiger partial charge in [0, 0.05) is 19.2 Å². The molecule has 5 heteroatoms. The van der Waals surface area contributed by atoms with Crippen molar-refractivity contribution in [1.29, 1.82) is 0 Å². The van der Waals surface area contributed by atoms with Crippen LogP contribution in [0.25, 0.3) is 0 Å². The second-order valence-corrected chi connectivity index (χ2v) is 5.38. The van der Waals surface area contributed by atoms with Crippen molar-refractivity contribution in [3.63, 3.8) is 0 Å². The van der Waals surface area contributed by atoms with E-state index in [1.807, 2.05) is 19.1 Å². The third-order valence-corrected chi connectivity index (χ3v) is 3.77. The molecule has 1 heterocycles. The highest BCUT2D eigenvalue weighted by Gasteiger charge is 2.33. The molecule has 2 N–H and O–H groups in total. The molecule has 0 spiro atoms. The minimum absolute atomic E-state index is 0.0674. The summed E-state index contributed by atoms with van der Waals surface area (Å²) in [6.45, 7) is 4.72. The van der Waals surface area contributed by atoms with Crippen LogP contribution in [0.4, 0.5) is 0 Å². The van der Waals surface area contributed by atoms with Crippen molar-refractivity contribution in [3.8, 4) is 5.75 Å². The Hall–Kier alpha value is -1.59. The Bertz CT molecular complexity index is 453. The molecular weight excluding hydrogens is 268 g/mol. The number of methoxy groups -OCH3 is 1. The molecule has 116 valence electrons. The summed E-state index contributed by atoms with van der Waals surface area (Å²) in [5.41, 5.74) is 0.513. The first kappa shape index (κ1) is 15.8. The van der Waals surface area contributed by atoms with E-state index in [1.165, 1.54) is 0 Å². The summed E-state index contributed by atoms with van der Waals surface area (Å²) in [5, 5.41) is 6.44. The molecule has 1 saturated heterocycles. The second kappa shape index (κ2) is 7.43. The lowest BCUT2D eigenvalue weighted by Crippen LogP contribution is -2.52. The first-order valence-corrected chi connectivity index (χ1v) is 7.44. The molecular formula is C16H24N2O3. The monoisotopic (exact) mass is 292 g/mol. The molecule has 0 bridgehead atoms. The molecule has 1 unspecified atom stereocenters. The Morgan fingerprint density at radius 1 is 1.38 bits per heavy atom. The van der Waals surface area contributed by atoms with E-state index in [0.717, 1.165) is 25.1 Å². The van der Waals surface area contributed by atoms with Crippen LogP contribution in [0.1, 0.15) is 30.1 Å². The van der Waals surface area contributed by atoms with Crippen LogP contribution >= 0.6 is 0 Å². The molecule has 1 aliphatic rings. The van der Waals surface area contributed by atoms with Crippen LogP contribution in [0.5, 0.6) is 5.75 Å². The Morgan fingerprint density at radius 3 is 2.71 bits per heavy atom. The molecule has 0 saturated carbocycles. The van der Waals surface area contributed by atoms with Crippen LogP contribution < -0.4 is 15.4 Å². The summed E-state index contributed by atoms with van der Waals surface area (Å²) in [5.74, 6) is 0.713. The maximum Gasteiger partial charge on any atom is 0.251 e. The van der Waals surface area contributed by atoms with Crippen LogP contribution in [0.15, 0.2) is 24.3 Å². The maximum atomic E-state index is 12.2. The molecule has 1 atom stereocenters. The minimum Gasteiger partial charge on any atom is -0.494 e. The molecule has 5 nitrogen and oxygen atoms in total. The van der Waals surface area contributed by atoms with Crippen molar-refractivity contribution in [2.75, 3.05) is 33.4 Å². The van der Waals surface area contributed by atoms with E-state index in [1.54, 1.807) is 19.2 Å². The third-order valence-electron chi connectivity index (χ3n) is 3.77. The highest BCUT2D eigenvalue weighted by molar-refractivity contribution is 5.94. The smallest absolute Gasteiger partial charge is 0.251 e. The number of ether oxygens (including phenoxy) is 2. The highest BCUT2D eigenvalue weighted by Crippen LogP contribution is 2.19. The lowest BCUT2D eigenvalue weighted by molar-refractivity contribution is 0.0892. The van der Waals surface area contributed by atoms with E-state index in [4.69, 9.17) is 9.47 Å². The average molecular weight is 292 g/mol. The molecule has 0 aliphatic carbocycles.